The van der Waals surface area contributed by atoms with E-state index in [1.54, 1.807) is 7.11 Å². The van der Waals surface area contributed by atoms with Crippen LogP contribution < -0.4 is 15.0 Å². The van der Waals surface area contributed by atoms with Crippen LogP contribution >= 0.6 is 0 Å². The molecule has 2 aromatic rings. The molecular formula is C20H22F2N2O4S. The molecule has 1 N–H and O–H groups in total. The van der Waals surface area contributed by atoms with Crippen molar-refractivity contribution < 1.29 is 26.7 Å². The number of halogens is 2. The normalized spacial score (nSPS) is 17.2. The van der Waals surface area contributed by atoms with Gasteiger partial charge in [-0.1, -0.05) is 12.1 Å². The maximum Gasteiger partial charge on any atom is 0.341 e. The smallest absolute Gasteiger partial charge is 0.341 e. The summed E-state index contributed by atoms with van der Waals surface area (Å²) in [6.45, 7) is 1.44. The highest BCUT2D eigenvalue weighted by Crippen LogP contribution is 2.30. The van der Waals surface area contributed by atoms with Crippen LogP contribution in [-0.4, -0.2) is 46.3 Å². The minimum absolute atomic E-state index is 0.106. The minimum atomic E-state index is -4.67. The highest BCUT2D eigenvalue weighted by molar-refractivity contribution is 7.91. The van der Waals surface area contributed by atoms with E-state index in [9.17, 15) is 22.0 Å². The lowest BCUT2D eigenvalue weighted by Gasteiger charge is -2.35. The van der Waals surface area contributed by atoms with Gasteiger partial charge < -0.3 is 15.0 Å². The number of sulfone groups is 1. The van der Waals surface area contributed by atoms with Gasteiger partial charge in [0.15, 0.2) is 0 Å². The van der Waals surface area contributed by atoms with Crippen molar-refractivity contribution in [1.82, 2.24) is 5.32 Å². The number of hydrogen-bond donors (Lipinski definition) is 1. The second-order valence-corrected chi connectivity index (χ2v) is 8.68. The summed E-state index contributed by atoms with van der Waals surface area (Å²) >= 11 is 0. The van der Waals surface area contributed by atoms with Crippen molar-refractivity contribution in [3.8, 4) is 5.75 Å². The molecule has 1 fully saturated rings. The molecule has 1 aliphatic heterocycles. The Bertz CT molecular complexity index is 965. The van der Waals surface area contributed by atoms with E-state index >= 15 is 0 Å². The zero-order valence-corrected chi connectivity index (χ0v) is 16.7. The number of benzene rings is 2. The van der Waals surface area contributed by atoms with Crippen LogP contribution in [0.3, 0.4) is 0 Å². The van der Waals surface area contributed by atoms with Gasteiger partial charge in [0.2, 0.25) is 9.84 Å². The number of piperidine rings is 1. The van der Waals surface area contributed by atoms with Crippen molar-refractivity contribution in [2.24, 2.45) is 0 Å². The Kier molecular flexibility index (Phi) is 6.36. The molecule has 3 rings (SSSR count). The van der Waals surface area contributed by atoms with Gasteiger partial charge in [-0.15, -0.1) is 0 Å². The van der Waals surface area contributed by atoms with Crippen molar-refractivity contribution in [1.29, 1.82) is 0 Å². The fourth-order valence-corrected chi connectivity index (χ4v) is 4.09. The van der Waals surface area contributed by atoms with Crippen molar-refractivity contribution in [2.75, 3.05) is 25.1 Å². The van der Waals surface area contributed by atoms with Gasteiger partial charge in [-0.25, -0.2) is 8.42 Å². The van der Waals surface area contributed by atoms with E-state index in [0.717, 1.165) is 43.0 Å². The lowest BCUT2D eigenvalue weighted by molar-refractivity contribution is 0.0933. The third-order valence-electron chi connectivity index (χ3n) is 4.86. The highest BCUT2D eigenvalue weighted by Gasteiger charge is 2.27. The number of para-hydroxylation sites is 2. The van der Waals surface area contributed by atoms with Gasteiger partial charge in [-0.2, -0.15) is 8.78 Å². The number of carbonyl (C=O) groups excluding carboxylic acids is 1. The molecule has 0 aliphatic carbocycles. The fraction of sp³-hybridized carbons (Fsp3) is 0.350. The first-order valence-electron chi connectivity index (χ1n) is 9.14. The minimum Gasteiger partial charge on any atom is -0.495 e. The van der Waals surface area contributed by atoms with E-state index in [0.29, 0.717) is 6.54 Å². The fourth-order valence-electron chi connectivity index (χ4n) is 3.37. The monoisotopic (exact) mass is 424 g/mol. The maximum absolute atomic E-state index is 12.6. The van der Waals surface area contributed by atoms with E-state index in [2.05, 4.69) is 10.2 Å². The molecule has 1 atom stereocenters. The van der Waals surface area contributed by atoms with E-state index < -0.39 is 20.5 Å². The Morgan fingerprint density at radius 3 is 2.52 bits per heavy atom. The standard InChI is InChI=1S/C20H22F2N2O4S/c1-28-18-7-3-2-6-17(18)24-12-4-5-15(13-24)23-19(25)14-8-10-16(11-9-14)29(26,27)20(21)22/h2-3,6-11,15,20H,4-5,12-13H2,1H3,(H,23,25). The van der Waals surface area contributed by atoms with Crippen LogP contribution in [0.25, 0.3) is 0 Å². The molecule has 1 unspecified atom stereocenters. The molecule has 156 valence electrons. The molecule has 2 aromatic carbocycles. The second kappa shape index (κ2) is 8.77. The third kappa shape index (κ3) is 4.67. The lowest BCUT2D eigenvalue weighted by Crippen LogP contribution is -2.47. The van der Waals surface area contributed by atoms with Crippen molar-refractivity contribution in [2.45, 2.75) is 29.5 Å². The summed E-state index contributed by atoms with van der Waals surface area (Å²) in [6.07, 6.45) is 1.68. The first-order chi connectivity index (χ1) is 13.8. The average molecular weight is 424 g/mol. The molecule has 9 heteroatoms. The summed E-state index contributed by atoms with van der Waals surface area (Å²) in [5, 5.41) is 2.93. The number of ether oxygens (including phenoxy) is 1. The van der Waals surface area contributed by atoms with Crippen LogP contribution in [-0.2, 0) is 9.84 Å². The van der Waals surface area contributed by atoms with Gasteiger partial charge in [0.1, 0.15) is 5.75 Å². The van der Waals surface area contributed by atoms with Gasteiger partial charge in [0.05, 0.1) is 17.7 Å². The quantitative estimate of drug-likeness (QED) is 0.771. The average Bonchev–Trinajstić information content (AvgIpc) is 2.73. The van der Waals surface area contributed by atoms with Crippen LogP contribution in [0.2, 0.25) is 0 Å². The highest BCUT2D eigenvalue weighted by atomic mass is 32.2. The topological polar surface area (TPSA) is 75.7 Å². The number of anilines is 1. The molecule has 0 aromatic heterocycles. The molecule has 1 saturated heterocycles. The molecule has 0 bridgehead atoms. The zero-order chi connectivity index (χ0) is 21.0. The van der Waals surface area contributed by atoms with E-state index in [4.69, 9.17) is 4.74 Å². The SMILES string of the molecule is COc1ccccc1N1CCCC(NC(=O)c2ccc(S(=O)(=O)C(F)F)cc2)C1. The summed E-state index contributed by atoms with van der Waals surface area (Å²) in [6, 6.07) is 12.1. The number of methoxy groups -OCH3 is 1. The molecule has 0 saturated carbocycles. The molecule has 1 amide bonds. The largest absolute Gasteiger partial charge is 0.495 e. The third-order valence-corrected chi connectivity index (χ3v) is 6.26. The van der Waals surface area contributed by atoms with Crippen LogP contribution in [0.4, 0.5) is 14.5 Å². The number of rotatable bonds is 6. The number of nitrogens with zero attached hydrogens (tertiary/aromatic N) is 1. The predicted octanol–water partition coefficient (Wildman–Crippen LogP) is 3.09. The summed E-state index contributed by atoms with van der Waals surface area (Å²) in [4.78, 5) is 14.2. The molecule has 0 spiro atoms. The molecular weight excluding hydrogens is 402 g/mol. The van der Waals surface area contributed by atoms with E-state index in [1.807, 2.05) is 24.3 Å². The zero-order valence-electron chi connectivity index (χ0n) is 15.8. The molecule has 0 radical (unpaired) electrons. The van der Waals surface area contributed by atoms with Crippen LogP contribution in [0.1, 0.15) is 23.2 Å². The molecule has 29 heavy (non-hydrogen) atoms. The number of carbonyl (C=O) groups is 1. The Hall–Kier alpha value is -2.68. The van der Waals surface area contributed by atoms with Gasteiger partial charge in [0.25, 0.3) is 5.91 Å². The number of alkyl halides is 2. The second-order valence-electron chi connectivity index (χ2n) is 6.76. The summed E-state index contributed by atoms with van der Waals surface area (Å²) in [7, 11) is -3.06. The molecule has 1 aliphatic rings. The molecule has 6 nitrogen and oxygen atoms in total. The van der Waals surface area contributed by atoms with Crippen LogP contribution in [0.15, 0.2) is 53.4 Å². The van der Waals surface area contributed by atoms with Gasteiger partial charge in [0, 0.05) is 24.7 Å². The van der Waals surface area contributed by atoms with Gasteiger partial charge in [-0.05, 0) is 49.2 Å². The first kappa shape index (κ1) is 21.0. The van der Waals surface area contributed by atoms with Crippen molar-refractivity contribution in [3.05, 3.63) is 54.1 Å². The lowest BCUT2D eigenvalue weighted by atomic mass is 10.0. The van der Waals surface area contributed by atoms with Crippen molar-refractivity contribution in [3.63, 3.8) is 0 Å². The van der Waals surface area contributed by atoms with Crippen molar-refractivity contribution >= 4 is 21.4 Å². The van der Waals surface area contributed by atoms with Crippen LogP contribution in [0.5, 0.6) is 5.75 Å². The Labute approximate surface area is 168 Å². The van der Waals surface area contributed by atoms with Gasteiger partial charge in [-0.3, -0.25) is 4.79 Å². The summed E-state index contributed by atoms with van der Waals surface area (Å²) < 4.78 is 53.6. The Morgan fingerprint density at radius 1 is 1.17 bits per heavy atom. The number of amides is 1. The van der Waals surface area contributed by atoms with E-state index in [-0.39, 0.29) is 17.5 Å². The predicted molar refractivity (Wildman–Crippen MR) is 105 cm³/mol. The van der Waals surface area contributed by atoms with Crippen LogP contribution in [0, 0.1) is 0 Å². The maximum atomic E-state index is 12.6. The summed E-state index contributed by atoms with van der Waals surface area (Å²) in [5.41, 5.74) is 1.17. The van der Waals surface area contributed by atoms with Gasteiger partial charge >= 0.3 is 5.76 Å². The molecule has 1 heterocycles. The first-order valence-corrected chi connectivity index (χ1v) is 10.7. The Morgan fingerprint density at radius 2 is 1.86 bits per heavy atom. The summed E-state index contributed by atoms with van der Waals surface area (Å²) in [5.74, 6) is -3.11. The number of hydrogen-bond acceptors (Lipinski definition) is 5. The Balaban J connectivity index is 1.67. The number of nitrogens with one attached hydrogen (secondary N) is 1. The van der Waals surface area contributed by atoms with E-state index in [1.165, 1.54) is 12.1 Å².